The number of likely N-dealkylation sites (N-methyl/N-ethyl adjacent to an activating group) is 1. The van der Waals surface area contributed by atoms with Gasteiger partial charge in [0.25, 0.3) is 0 Å². The van der Waals surface area contributed by atoms with E-state index in [0.717, 1.165) is 30.9 Å². The number of aliphatic imine (C=N–C) groups is 1. The van der Waals surface area contributed by atoms with Gasteiger partial charge in [0, 0.05) is 33.3 Å². The van der Waals surface area contributed by atoms with Crippen molar-refractivity contribution in [3.05, 3.63) is 17.5 Å². The predicted octanol–water partition coefficient (Wildman–Crippen LogP) is 2.11. The number of aromatic nitrogens is 1. The van der Waals surface area contributed by atoms with Gasteiger partial charge >= 0.3 is 0 Å². The van der Waals surface area contributed by atoms with E-state index < -0.39 is 0 Å². The molecule has 0 saturated carbocycles. The SMILES string of the molecule is CC(C)c1cc(CNC(=NCC(=O)N(C)C)NCC2CCCCO2)on1.I. The Balaban J connectivity index is 0.00000364. The molecule has 1 aliphatic heterocycles. The van der Waals surface area contributed by atoms with Gasteiger partial charge in [0.1, 0.15) is 6.54 Å². The van der Waals surface area contributed by atoms with E-state index in [-0.39, 0.29) is 42.5 Å². The minimum atomic E-state index is -0.0539. The van der Waals surface area contributed by atoms with Crippen LogP contribution in [0.2, 0.25) is 0 Å². The first-order valence-corrected chi connectivity index (χ1v) is 9.25. The lowest BCUT2D eigenvalue weighted by molar-refractivity contribution is -0.127. The highest BCUT2D eigenvalue weighted by Gasteiger charge is 2.15. The molecule has 8 nitrogen and oxygen atoms in total. The molecule has 1 saturated heterocycles. The van der Waals surface area contributed by atoms with Crippen molar-refractivity contribution in [2.24, 2.45) is 4.99 Å². The molecule has 1 aliphatic rings. The third-order valence-electron chi connectivity index (χ3n) is 4.24. The highest BCUT2D eigenvalue weighted by atomic mass is 127. The summed E-state index contributed by atoms with van der Waals surface area (Å²) in [5.74, 6) is 1.56. The number of hydrogen-bond donors (Lipinski definition) is 2. The topological polar surface area (TPSA) is 92.0 Å². The lowest BCUT2D eigenvalue weighted by Gasteiger charge is -2.23. The first-order chi connectivity index (χ1) is 12.5. The third kappa shape index (κ3) is 8.46. The van der Waals surface area contributed by atoms with Gasteiger partial charge in [-0.1, -0.05) is 19.0 Å². The van der Waals surface area contributed by atoms with Crippen molar-refractivity contribution in [1.82, 2.24) is 20.7 Å². The minimum Gasteiger partial charge on any atom is -0.376 e. The second-order valence-corrected chi connectivity index (χ2v) is 7.05. The molecule has 0 aliphatic carbocycles. The molecule has 27 heavy (non-hydrogen) atoms. The summed E-state index contributed by atoms with van der Waals surface area (Å²) >= 11 is 0. The van der Waals surface area contributed by atoms with E-state index in [1.54, 1.807) is 14.1 Å². The van der Waals surface area contributed by atoms with E-state index in [2.05, 4.69) is 34.6 Å². The van der Waals surface area contributed by atoms with Crippen LogP contribution in [-0.2, 0) is 16.1 Å². The molecule has 154 valence electrons. The van der Waals surface area contributed by atoms with E-state index in [4.69, 9.17) is 9.26 Å². The third-order valence-corrected chi connectivity index (χ3v) is 4.24. The van der Waals surface area contributed by atoms with Crippen molar-refractivity contribution in [2.45, 2.75) is 51.7 Å². The first kappa shape index (κ1) is 23.7. The van der Waals surface area contributed by atoms with E-state index in [0.29, 0.717) is 25.0 Å². The fraction of sp³-hybridized carbons (Fsp3) is 0.722. The van der Waals surface area contributed by atoms with E-state index in [1.807, 2.05) is 6.07 Å². The monoisotopic (exact) mass is 493 g/mol. The second-order valence-electron chi connectivity index (χ2n) is 7.05. The average molecular weight is 493 g/mol. The Morgan fingerprint density at radius 3 is 2.74 bits per heavy atom. The molecule has 0 bridgehead atoms. The molecule has 2 rings (SSSR count). The summed E-state index contributed by atoms with van der Waals surface area (Å²) in [6.07, 6.45) is 3.52. The molecule has 1 amide bonds. The summed E-state index contributed by atoms with van der Waals surface area (Å²) in [4.78, 5) is 17.7. The van der Waals surface area contributed by atoms with Crippen LogP contribution in [0.4, 0.5) is 0 Å². The highest BCUT2D eigenvalue weighted by Crippen LogP contribution is 2.14. The van der Waals surface area contributed by atoms with Crippen LogP contribution in [0.25, 0.3) is 0 Å². The van der Waals surface area contributed by atoms with E-state index in [1.165, 1.54) is 11.3 Å². The Bertz CT molecular complexity index is 598. The Kier molecular flexibility index (Phi) is 10.7. The molecule has 9 heteroatoms. The standard InChI is InChI=1S/C18H31N5O3.HI/c1-13(2)16-9-15(26-22-16)11-20-18(21-12-17(24)23(3)4)19-10-14-7-5-6-8-25-14;/h9,13-14H,5-8,10-12H2,1-4H3,(H2,19,20,21);1H. The number of amides is 1. The summed E-state index contributed by atoms with van der Waals surface area (Å²) in [6, 6.07) is 1.94. The smallest absolute Gasteiger partial charge is 0.243 e. The van der Waals surface area contributed by atoms with Crippen LogP contribution in [0, 0.1) is 0 Å². The van der Waals surface area contributed by atoms with Gasteiger partial charge in [-0.05, 0) is 25.2 Å². The Morgan fingerprint density at radius 1 is 1.37 bits per heavy atom. The molecule has 0 radical (unpaired) electrons. The molecular formula is C18H32IN5O3. The van der Waals surface area contributed by atoms with Crippen molar-refractivity contribution in [3.8, 4) is 0 Å². The van der Waals surface area contributed by atoms with Gasteiger partial charge in [-0.3, -0.25) is 4.79 Å². The number of guanidine groups is 1. The van der Waals surface area contributed by atoms with Crippen molar-refractivity contribution in [3.63, 3.8) is 0 Å². The van der Waals surface area contributed by atoms with Crippen molar-refractivity contribution in [1.29, 1.82) is 0 Å². The van der Waals surface area contributed by atoms with Crippen molar-refractivity contribution < 1.29 is 14.1 Å². The number of ether oxygens (including phenoxy) is 1. The first-order valence-electron chi connectivity index (χ1n) is 9.25. The predicted molar refractivity (Wildman–Crippen MR) is 115 cm³/mol. The summed E-state index contributed by atoms with van der Waals surface area (Å²) in [7, 11) is 3.44. The number of rotatable bonds is 7. The molecule has 0 spiro atoms. The maximum absolute atomic E-state index is 11.8. The number of halogens is 1. The Hall–Kier alpha value is -1.36. The lowest BCUT2D eigenvalue weighted by atomic mass is 10.1. The van der Waals surface area contributed by atoms with Gasteiger partial charge in [-0.2, -0.15) is 0 Å². The zero-order valence-electron chi connectivity index (χ0n) is 16.7. The minimum absolute atomic E-state index is 0. The molecule has 2 N–H and O–H groups in total. The Labute approximate surface area is 178 Å². The maximum Gasteiger partial charge on any atom is 0.243 e. The van der Waals surface area contributed by atoms with E-state index in [9.17, 15) is 4.79 Å². The molecular weight excluding hydrogens is 461 g/mol. The van der Waals surface area contributed by atoms with Crippen molar-refractivity contribution >= 4 is 35.8 Å². The van der Waals surface area contributed by atoms with Crippen LogP contribution in [-0.4, -0.2) is 61.8 Å². The number of nitrogens with one attached hydrogen (secondary N) is 2. The van der Waals surface area contributed by atoms with Gasteiger partial charge in [0.2, 0.25) is 5.91 Å². The molecule has 1 aromatic rings. The van der Waals surface area contributed by atoms with Crippen LogP contribution in [0.1, 0.15) is 50.5 Å². The van der Waals surface area contributed by atoms with Gasteiger partial charge in [-0.25, -0.2) is 4.99 Å². The molecule has 1 unspecified atom stereocenters. The second kappa shape index (κ2) is 12.2. The molecule has 1 fully saturated rings. The summed E-state index contributed by atoms with van der Waals surface area (Å²) in [5, 5.41) is 10.5. The van der Waals surface area contributed by atoms with Crippen molar-refractivity contribution in [2.75, 3.05) is 33.8 Å². The molecule has 1 atom stereocenters. The maximum atomic E-state index is 11.8. The van der Waals surface area contributed by atoms with Gasteiger partial charge in [-0.15, -0.1) is 24.0 Å². The van der Waals surface area contributed by atoms with Crippen LogP contribution in [0.3, 0.4) is 0 Å². The Morgan fingerprint density at radius 2 is 2.15 bits per heavy atom. The average Bonchev–Trinajstić information content (AvgIpc) is 3.11. The summed E-state index contributed by atoms with van der Waals surface area (Å²) < 4.78 is 11.1. The summed E-state index contributed by atoms with van der Waals surface area (Å²) in [6.45, 7) is 6.15. The van der Waals surface area contributed by atoms with Crippen LogP contribution < -0.4 is 10.6 Å². The number of hydrogen-bond acceptors (Lipinski definition) is 5. The number of carbonyl (C=O) groups excluding carboxylic acids is 1. The fourth-order valence-electron chi connectivity index (χ4n) is 2.50. The normalized spacial score (nSPS) is 17.4. The lowest BCUT2D eigenvalue weighted by Crippen LogP contribution is -2.43. The largest absolute Gasteiger partial charge is 0.376 e. The molecule has 1 aromatic heterocycles. The van der Waals surface area contributed by atoms with Gasteiger partial charge < -0.3 is 24.8 Å². The van der Waals surface area contributed by atoms with Crippen LogP contribution >= 0.6 is 24.0 Å². The summed E-state index contributed by atoms with van der Waals surface area (Å²) in [5.41, 5.74) is 0.923. The highest BCUT2D eigenvalue weighted by molar-refractivity contribution is 14.0. The zero-order chi connectivity index (χ0) is 18.9. The van der Waals surface area contributed by atoms with Gasteiger partial charge in [0.05, 0.1) is 18.3 Å². The quantitative estimate of drug-likeness (QED) is 0.344. The number of nitrogens with zero attached hydrogens (tertiary/aromatic N) is 3. The molecule has 2 heterocycles. The van der Waals surface area contributed by atoms with E-state index >= 15 is 0 Å². The number of carbonyl (C=O) groups is 1. The van der Waals surface area contributed by atoms with Gasteiger partial charge in [0.15, 0.2) is 11.7 Å². The van der Waals surface area contributed by atoms with Crippen LogP contribution in [0.15, 0.2) is 15.6 Å². The molecule has 0 aromatic carbocycles. The fourth-order valence-corrected chi connectivity index (χ4v) is 2.50. The van der Waals surface area contributed by atoms with Crippen LogP contribution in [0.5, 0.6) is 0 Å². The zero-order valence-corrected chi connectivity index (χ0v) is 19.0.